The molecule has 86 valence electrons. The lowest BCUT2D eigenvalue weighted by Gasteiger charge is -1.97. The molecule has 0 aliphatic carbocycles. The number of halogens is 1. The highest BCUT2D eigenvalue weighted by Crippen LogP contribution is 2.21. The molecule has 0 unspecified atom stereocenters. The summed E-state index contributed by atoms with van der Waals surface area (Å²) in [6.07, 6.45) is 1.75. The monoisotopic (exact) mass is 256 g/mol. The molecular formula is C10H13ClN4S. The van der Waals surface area contributed by atoms with Crippen LogP contribution >= 0.6 is 22.9 Å². The lowest BCUT2D eigenvalue weighted by atomic mass is 10.5. The third-order valence-electron chi connectivity index (χ3n) is 2.06. The zero-order valence-electron chi connectivity index (χ0n) is 8.98. The number of hydrogen-bond acceptors (Lipinski definition) is 4. The highest BCUT2D eigenvalue weighted by molar-refractivity contribution is 7.16. The van der Waals surface area contributed by atoms with Gasteiger partial charge in [0.25, 0.3) is 0 Å². The van der Waals surface area contributed by atoms with Crippen molar-refractivity contribution < 1.29 is 0 Å². The van der Waals surface area contributed by atoms with Crippen molar-refractivity contribution in [2.45, 2.75) is 20.0 Å². The van der Waals surface area contributed by atoms with Crippen LogP contribution in [0.1, 0.15) is 17.6 Å². The predicted molar refractivity (Wildman–Crippen MR) is 65.8 cm³/mol. The first kappa shape index (κ1) is 11.6. The van der Waals surface area contributed by atoms with E-state index in [0.717, 1.165) is 23.3 Å². The summed E-state index contributed by atoms with van der Waals surface area (Å²) in [7, 11) is 0. The van der Waals surface area contributed by atoms with E-state index in [4.69, 9.17) is 11.6 Å². The van der Waals surface area contributed by atoms with E-state index in [0.29, 0.717) is 6.54 Å². The van der Waals surface area contributed by atoms with E-state index >= 15 is 0 Å². The summed E-state index contributed by atoms with van der Waals surface area (Å²) in [6.45, 7) is 4.44. The smallest absolute Gasteiger partial charge is 0.164 e. The maximum absolute atomic E-state index is 5.86. The molecule has 0 saturated heterocycles. The molecule has 6 heteroatoms. The highest BCUT2D eigenvalue weighted by atomic mass is 35.5. The van der Waals surface area contributed by atoms with Crippen molar-refractivity contribution >= 4 is 22.9 Å². The molecular weight excluding hydrogens is 244 g/mol. The molecule has 0 radical (unpaired) electrons. The second-order valence-corrected chi connectivity index (χ2v) is 5.14. The van der Waals surface area contributed by atoms with Gasteiger partial charge in [-0.25, -0.2) is 9.67 Å². The lowest BCUT2D eigenvalue weighted by Crippen LogP contribution is -2.13. The third kappa shape index (κ3) is 3.04. The highest BCUT2D eigenvalue weighted by Gasteiger charge is 2.02. The quantitative estimate of drug-likeness (QED) is 0.892. The molecule has 2 rings (SSSR count). The molecule has 0 aliphatic heterocycles. The van der Waals surface area contributed by atoms with Crippen molar-refractivity contribution in [3.8, 4) is 0 Å². The Kier molecular flexibility index (Phi) is 3.93. The summed E-state index contributed by atoms with van der Waals surface area (Å²) in [6, 6.07) is 3.91. The maximum atomic E-state index is 5.86. The molecule has 0 aromatic carbocycles. The Morgan fingerprint density at radius 1 is 1.50 bits per heavy atom. The van der Waals surface area contributed by atoms with Crippen molar-refractivity contribution in [2.75, 3.05) is 6.54 Å². The Morgan fingerprint density at radius 2 is 2.38 bits per heavy atom. The molecule has 16 heavy (non-hydrogen) atoms. The first-order chi connectivity index (χ1) is 7.78. The molecule has 2 heterocycles. The van der Waals surface area contributed by atoms with E-state index < -0.39 is 0 Å². The van der Waals surface area contributed by atoms with E-state index in [1.165, 1.54) is 4.88 Å². The Balaban J connectivity index is 1.97. The van der Waals surface area contributed by atoms with Crippen molar-refractivity contribution in [1.82, 2.24) is 20.1 Å². The zero-order chi connectivity index (χ0) is 11.4. The molecule has 0 spiro atoms. The zero-order valence-corrected chi connectivity index (χ0v) is 10.6. The molecule has 0 saturated carbocycles. The number of thiophene rings is 1. The average Bonchev–Trinajstić information content (AvgIpc) is 2.86. The van der Waals surface area contributed by atoms with E-state index in [1.54, 1.807) is 17.7 Å². The summed E-state index contributed by atoms with van der Waals surface area (Å²) in [5.74, 6) is 0.824. The fraction of sp³-hybridized carbons (Fsp3) is 0.400. The minimum atomic E-state index is 0.717. The van der Waals surface area contributed by atoms with Gasteiger partial charge in [0.05, 0.1) is 17.4 Å². The second-order valence-electron chi connectivity index (χ2n) is 3.34. The van der Waals surface area contributed by atoms with Gasteiger partial charge in [-0.1, -0.05) is 18.5 Å². The van der Waals surface area contributed by atoms with E-state index in [1.807, 2.05) is 16.8 Å². The largest absolute Gasteiger partial charge is 0.310 e. The number of rotatable bonds is 5. The van der Waals surface area contributed by atoms with Gasteiger partial charge in [-0.3, -0.25) is 0 Å². The predicted octanol–water partition coefficient (Wildman–Crippen LogP) is 2.15. The standard InChI is InChI=1S/C10H13ClN4S/c1-2-12-5-10-13-7-15(14-10)6-8-3-4-9(11)16-8/h3-4,7,12H,2,5-6H2,1H3. The molecule has 0 aliphatic rings. The number of nitrogens with zero attached hydrogens (tertiary/aromatic N) is 3. The summed E-state index contributed by atoms with van der Waals surface area (Å²) >= 11 is 7.43. The number of hydrogen-bond donors (Lipinski definition) is 1. The first-order valence-electron chi connectivity index (χ1n) is 5.11. The summed E-state index contributed by atoms with van der Waals surface area (Å²) in [5.41, 5.74) is 0. The van der Waals surface area contributed by atoms with Crippen LogP contribution in [0, 0.1) is 0 Å². The van der Waals surface area contributed by atoms with Crippen LogP contribution in [0.2, 0.25) is 4.34 Å². The molecule has 2 aromatic rings. The minimum absolute atomic E-state index is 0.717. The molecule has 4 nitrogen and oxygen atoms in total. The third-order valence-corrected chi connectivity index (χ3v) is 3.28. The van der Waals surface area contributed by atoms with E-state index in [9.17, 15) is 0 Å². The van der Waals surface area contributed by atoms with Crippen LogP contribution in [-0.4, -0.2) is 21.3 Å². The molecule has 0 amide bonds. The van der Waals surface area contributed by atoms with Crippen LogP contribution in [-0.2, 0) is 13.1 Å². The van der Waals surface area contributed by atoms with Crippen LogP contribution < -0.4 is 5.32 Å². The number of aromatic nitrogens is 3. The van der Waals surface area contributed by atoms with Gasteiger partial charge in [0, 0.05) is 4.88 Å². The van der Waals surface area contributed by atoms with Gasteiger partial charge in [0.15, 0.2) is 5.82 Å². The van der Waals surface area contributed by atoms with Crippen LogP contribution in [0.5, 0.6) is 0 Å². The minimum Gasteiger partial charge on any atom is -0.310 e. The topological polar surface area (TPSA) is 42.7 Å². The van der Waals surface area contributed by atoms with E-state index in [-0.39, 0.29) is 0 Å². The maximum Gasteiger partial charge on any atom is 0.164 e. The Labute approximate surface area is 103 Å². The molecule has 1 N–H and O–H groups in total. The SMILES string of the molecule is CCNCc1ncn(Cc2ccc(Cl)s2)n1. The normalized spacial score (nSPS) is 10.9. The average molecular weight is 257 g/mol. The molecule has 0 fully saturated rings. The van der Waals surface area contributed by atoms with Crippen molar-refractivity contribution in [3.63, 3.8) is 0 Å². The summed E-state index contributed by atoms with van der Waals surface area (Å²) < 4.78 is 2.64. The molecule has 0 bridgehead atoms. The van der Waals surface area contributed by atoms with Gasteiger partial charge >= 0.3 is 0 Å². The molecule has 0 atom stereocenters. The van der Waals surface area contributed by atoms with Gasteiger partial charge in [0.2, 0.25) is 0 Å². The van der Waals surface area contributed by atoms with Crippen molar-refractivity contribution in [2.24, 2.45) is 0 Å². The Morgan fingerprint density at radius 3 is 3.06 bits per heavy atom. The van der Waals surface area contributed by atoms with Gasteiger partial charge in [-0.2, -0.15) is 5.10 Å². The van der Waals surface area contributed by atoms with Gasteiger partial charge in [-0.05, 0) is 18.7 Å². The van der Waals surface area contributed by atoms with Crippen molar-refractivity contribution in [3.05, 3.63) is 33.5 Å². The Bertz CT molecular complexity index is 451. The summed E-state index contributed by atoms with van der Waals surface area (Å²) in [4.78, 5) is 5.40. The first-order valence-corrected chi connectivity index (χ1v) is 6.30. The van der Waals surface area contributed by atoms with Crippen LogP contribution in [0.25, 0.3) is 0 Å². The van der Waals surface area contributed by atoms with Crippen LogP contribution in [0.4, 0.5) is 0 Å². The second kappa shape index (κ2) is 5.43. The summed E-state index contributed by atoms with van der Waals surface area (Å²) in [5, 5.41) is 7.55. The fourth-order valence-corrected chi connectivity index (χ4v) is 2.40. The van der Waals surface area contributed by atoms with Crippen LogP contribution in [0.15, 0.2) is 18.5 Å². The molecule has 2 aromatic heterocycles. The van der Waals surface area contributed by atoms with Gasteiger partial charge < -0.3 is 5.32 Å². The van der Waals surface area contributed by atoms with E-state index in [2.05, 4.69) is 22.3 Å². The van der Waals surface area contributed by atoms with Crippen molar-refractivity contribution in [1.29, 1.82) is 0 Å². The van der Waals surface area contributed by atoms with Gasteiger partial charge in [-0.15, -0.1) is 11.3 Å². The lowest BCUT2D eigenvalue weighted by molar-refractivity contribution is 0.646. The van der Waals surface area contributed by atoms with Crippen LogP contribution in [0.3, 0.4) is 0 Å². The van der Waals surface area contributed by atoms with Gasteiger partial charge in [0.1, 0.15) is 6.33 Å². The Hall–Kier alpha value is -0.910. The fourth-order valence-electron chi connectivity index (χ4n) is 1.32. The number of nitrogens with one attached hydrogen (secondary N) is 1.